The molecule has 1 atom stereocenters. The minimum atomic E-state index is 0.558. The second kappa shape index (κ2) is 7.59. The molecule has 1 saturated carbocycles. The molecule has 1 unspecified atom stereocenters. The highest BCUT2D eigenvalue weighted by Crippen LogP contribution is 2.29. The molecule has 5 heteroatoms. The van der Waals surface area contributed by atoms with Crippen molar-refractivity contribution in [2.24, 2.45) is 5.92 Å². The van der Waals surface area contributed by atoms with Crippen LogP contribution in [-0.4, -0.2) is 55.6 Å². The summed E-state index contributed by atoms with van der Waals surface area (Å²) in [6.07, 6.45) is 10.4. The molecule has 1 aliphatic rings. The second-order valence-electron chi connectivity index (χ2n) is 6.43. The molecule has 1 fully saturated rings. The summed E-state index contributed by atoms with van der Waals surface area (Å²) in [4.78, 5) is 13.2. The lowest BCUT2D eigenvalue weighted by Crippen LogP contribution is -2.41. The van der Waals surface area contributed by atoms with Gasteiger partial charge in [-0.2, -0.15) is 0 Å². The van der Waals surface area contributed by atoms with Crippen molar-refractivity contribution in [3.05, 3.63) is 12.4 Å². The Morgan fingerprint density at radius 1 is 1.10 bits per heavy atom. The molecule has 0 aliphatic heterocycles. The fraction of sp³-hybridized carbons (Fsp3) is 0.750. The highest BCUT2D eigenvalue weighted by molar-refractivity contribution is 5.59. The molecule has 0 amide bonds. The Morgan fingerprint density at radius 2 is 1.76 bits per heavy atom. The van der Waals surface area contributed by atoms with Crippen LogP contribution < -0.4 is 10.2 Å². The maximum Gasteiger partial charge on any atom is 0.171 e. The number of aromatic nitrogens is 2. The van der Waals surface area contributed by atoms with Gasteiger partial charge in [-0.05, 0) is 32.9 Å². The third-order valence-electron chi connectivity index (χ3n) is 4.44. The first-order chi connectivity index (χ1) is 10.1. The van der Waals surface area contributed by atoms with Gasteiger partial charge in [0.1, 0.15) is 0 Å². The number of likely N-dealkylation sites (N-methyl/N-ethyl adjacent to an activating group) is 1. The standard InChI is InChI=1S/C16H29N5/c1-20(2)14(13-8-6-5-7-9-13)12-19-15-16(21(3)4)18-11-10-17-15/h10-11,13-14H,5-9,12H2,1-4H3,(H,17,19). The molecule has 1 N–H and O–H groups in total. The lowest BCUT2D eigenvalue weighted by Gasteiger charge is -2.35. The SMILES string of the molecule is CN(C)c1nccnc1NCC(C1CCCCC1)N(C)C. The minimum absolute atomic E-state index is 0.558. The third-order valence-corrected chi connectivity index (χ3v) is 4.44. The van der Waals surface area contributed by atoms with E-state index in [2.05, 4.69) is 34.3 Å². The summed E-state index contributed by atoms with van der Waals surface area (Å²) in [7, 11) is 8.37. The molecule has 21 heavy (non-hydrogen) atoms. The summed E-state index contributed by atoms with van der Waals surface area (Å²) in [5, 5.41) is 3.52. The fourth-order valence-electron chi connectivity index (χ4n) is 3.27. The van der Waals surface area contributed by atoms with Gasteiger partial charge in [0.05, 0.1) is 0 Å². The average molecular weight is 291 g/mol. The molecule has 0 spiro atoms. The van der Waals surface area contributed by atoms with Crippen molar-refractivity contribution in [1.82, 2.24) is 14.9 Å². The lowest BCUT2D eigenvalue weighted by atomic mass is 9.83. The van der Waals surface area contributed by atoms with Crippen LogP contribution in [0, 0.1) is 5.92 Å². The van der Waals surface area contributed by atoms with Crippen LogP contribution >= 0.6 is 0 Å². The molecule has 0 radical (unpaired) electrons. The number of rotatable bonds is 6. The third kappa shape index (κ3) is 4.30. The first kappa shape index (κ1) is 16.0. The van der Waals surface area contributed by atoms with Gasteiger partial charge in [0, 0.05) is 39.1 Å². The normalized spacial score (nSPS) is 17.8. The van der Waals surface area contributed by atoms with Gasteiger partial charge in [0.2, 0.25) is 0 Å². The number of nitrogens with one attached hydrogen (secondary N) is 1. The van der Waals surface area contributed by atoms with Crippen LogP contribution in [0.4, 0.5) is 11.6 Å². The number of hydrogen-bond acceptors (Lipinski definition) is 5. The van der Waals surface area contributed by atoms with Crippen LogP contribution in [0.5, 0.6) is 0 Å². The highest BCUT2D eigenvalue weighted by atomic mass is 15.2. The first-order valence-corrected chi connectivity index (χ1v) is 7.98. The molecule has 1 aromatic rings. The van der Waals surface area contributed by atoms with Gasteiger partial charge in [-0.1, -0.05) is 19.3 Å². The van der Waals surface area contributed by atoms with E-state index in [1.165, 1.54) is 32.1 Å². The monoisotopic (exact) mass is 291 g/mol. The number of hydrogen-bond donors (Lipinski definition) is 1. The molecule has 0 saturated heterocycles. The average Bonchev–Trinajstić information content (AvgIpc) is 2.48. The number of anilines is 2. The Balaban J connectivity index is 2.01. The molecule has 1 aromatic heterocycles. The summed E-state index contributed by atoms with van der Waals surface area (Å²) >= 11 is 0. The van der Waals surface area contributed by atoms with E-state index >= 15 is 0 Å². The van der Waals surface area contributed by atoms with Crippen LogP contribution in [0.1, 0.15) is 32.1 Å². The van der Waals surface area contributed by atoms with Gasteiger partial charge in [0.15, 0.2) is 11.6 Å². The van der Waals surface area contributed by atoms with Crippen molar-refractivity contribution >= 4 is 11.6 Å². The van der Waals surface area contributed by atoms with Crippen LogP contribution in [0.2, 0.25) is 0 Å². The molecular formula is C16H29N5. The van der Waals surface area contributed by atoms with E-state index in [-0.39, 0.29) is 0 Å². The Labute approximate surface area is 128 Å². The molecule has 0 bridgehead atoms. The lowest BCUT2D eigenvalue weighted by molar-refractivity contribution is 0.179. The maximum absolute atomic E-state index is 4.44. The summed E-state index contributed by atoms with van der Waals surface area (Å²) in [6.45, 7) is 0.928. The maximum atomic E-state index is 4.44. The predicted octanol–water partition coefficient (Wildman–Crippen LogP) is 2.46. The van der Waals surface area contributed by atoms with Crippen molar-refractivity contribution in [2.75, 3.05) is 45.0 Å². The van der Waals surface area contributed by atoms with Crippen molar-refractivity contribution in [2.45, 2.75) is 38.1 Å². The van der Waals surface area contributed by atoms with Crippen molar-refractivity contribution in [3.8, 4) is 0 Å². The van der Waals surface area contributed by atoms with Gasteiger partial charge in [0.25, 0.3) is 0 Å². The zero-order chi connectivity index (χ0) is 15.2. The zero-order valence-electron chi connectivity index (χ0n) is 13.8. The Kier molecular flexibility index (Phi) is 5.79. The molecule has 5 nitrogen and oxygen atoms in total. The van der Waals surface area contributed by atoms with Gasteiger partial charge in [-0.3, -0.25) is 0 Å². The van der Waals surface area contributed by atoms with Gasteiger partial charge >= 0.3 is 0 Å². The molecule has 2 rings (SSSR count). The van der Waals surface area contributed by atoms with E-state index in [1.807, 2.05) is 19.0 Å². The van der Waals surface area contributed by atoms with Crippen LogP contribution in [0.25, 0.3) is 0 Å². The topological polar surface area (TPSA) is 44.3 Å². The summed E-state index contributed by atoms with van der Waals surface area (Å²) in [5.74, 6) is 2.57. The van der Waals surface area contributed by atoms with E-state index in [4.69, 9.17) is 0 Å². The van der Waals surface area contributed by atoms with Gasteiger partial charge < -0.3 is 15.1 Å². The molecule has 118 valence electrons. The van der Waals surface area contributed by atoms with Gasteiger partial charge in [-0.15, -0.1) is 0 Å². The van der Waals surface area contributed by atoms with Crippen LogP contribution in [0.15, 0.2) is 12.4 Å². The predicted molar refractivity (Wildman–Crippen MR) is 88.9 cm³/mol. The van der Waals surface area contributed by atoms with Gasteiger partial charge in [-0.25, -0.2) is 9.97 Å². The van der Waals surface area contributed by atoms with E-state index < -0.39 is 0 Å². The smallest absolute Gasteiger partial charge is 0.171 e. The summed E-state index contributed by atoms with van der Waals surface area (Å²) < 4.78 is 0. The van der Waals surface area contributed by atoms with E-state index in [0.29, 0.717) is 6.04 Å². The summed E-state index contributed by atoms with van der Waals surface area (Å²) in [5.41, 5.74) is 0. The summed E-state index contributed by atoms with van der Waals surface area (Å²) in [6, 6.07) is 0.558. The largest absolute Gasteiger partial charge is 0.365 e. The van der Waals surface area contributed by atoms with E-state index in [9.17, 15) is 0 Å². The fourth-order valence-corrected chi connectivity index (χ4v) is 3.27. The first-order valence-electron chi connectivity index (χ1n) is 7.98. The van der Waals surface area contributed by atoms with E-state index in [0.717, 1.165) is 24.1 Å². The van der Waals surface area contributed by atoms with Crippen molar-refractivity contribution < 1.29 is 0 Å². The van der Waals surface area contributed by atoms with Crippen molar-refractivity contribution in [3.63, 3.8) is 0 Å². The molecule has 1 aliphatic carbocycles. The molecular weight excluding hydrogens is 262 g/mol. The Morgan fingerprint density at radius 3 is 2.38 bits per heavy atom. The minimum Gasteiger partial charge on any atom is -0.365 e. The van der Waals surface area contributed by atoms with Crippen LogP contribution in [0.3, 0.4) is 0 Å². The van der Waals surface area contributed by atoms with Crippen LogP contribution in [-0.2, 0) is 0 Å². The Hall–Kier alpha value is -1.36. The molecule has 1 heterocycles. The van der Waals surface area contributed by atoms with Crippen molar-refractivity contribution in [1.29, 1.82) is 0 Å². The molecule has 0 aromatic carbocycles. The quantitative estimate of drug-likeness (QED) is 0.872. The highest BCUT2D eigenvalue weighted by Gasteiger charge is 2.25. The number of nitrogens with zero attached hydrogens (tertiary/aromatic N) is 4. The van der Waals surface area contributed by atoms with E-state index in [1.54, 1.807) is 12.4 Å². The second-order valence-corrected chi connectivity index (χ2v) is 6.43. The Bertz CT molecular complexity index is 426. The zero-order valence-corrected chi connectivity index (χ0v) is 13.8.